The molecule has 5 nitrogen and oxygen atoms in total. The molecule has 0 aliphatic rings. The highest BCUT2D eigenvalue weighted by Crippen LogP contribution is 2.13. The lowest BCUT2D eigenvalue weighted by Crippen LogP contribution is -2.38. The van der Waals surface area contributed by atoms with Crippen LogP contribution in [-0.4, -0.2) is 26.0 Å². The fourth-order valence-corrected chi connectivity index (χ4v) is 3.20. The zero-order valence-electron chi connectivity index (χ0n) is 12.1. The maximum atomic E-state index is 12.3. The average Bonchev–Trinajstić information content (AvgIpc) is 2.42. The summed E-state index contributed by atoms with van der Waals surface area (Å²) in [5.41, 5.74) is 5.83. The third kappa shape index (κ3) is 4.60. The zero-order valence-corrected chi connectivity index (χ0v) is 12.9. The smallest absolute Gasteiger partial charge is 0.242 e. The molecule has 0 saturated carbocycles. The largest absolute Gasteiger partial charge is 0.320 e. The molecule has 1 aromatic heterocycles. The van der Waals surface area contributed by atoms with Crippen molar-refractivity contribution in [1.29, 1.82) is 0 Å². The summed E-state index contributed by atoms with van der Waals surface area (Å²) < 4.78 is 27.3. The van der Waals surface area contributed by atoms with Crippen LogP contribution in [-0.2, 0) is 10.0 Å². The lowest BCUT2D eigenvalue weighted by molar-refractivity contribution is 0.437. The molecule has 1 unspecified atom stereocenters. The van der Waals surface area contributed by atoms with E-state index in [1.165, 1.54) is 18.5 Å². The maximum Gasteiger partial charge on any atom is 0.242 e. The molecule has 0 fully saturated rings. The third-order valence-corrected chi connectivity index (χ3v) is 4.37. The molecule has 0 radical (unpaired) electrons. The molecule has 1 heterocycles. The van der Waals surface area contributed by atoms with Gasteiger partial charge in [-0.3, -0.25) is 4.98 Å². The van der Waals surface area contributed by atoms with Crippen molar-refractivity contribution >= 4 is 10.0 Å². The Morgan fingerprint density at radius 3 is 2.65 bits per heavy atom. The molecule has 110 valence electrons. The van der Waals surface area contributed by atoms with Gasteiger partial charge in [-0.2, -0.15) is 0 Å². The number of aromatic nitrogens is 1. The molecule has 0 aliphatic heterocycles. The molecule has 0 saturated heterocycles. The zero-order chi connectivity index (χ0) is 15.2. The van der Waals surface area contributed by atoms with Crippen LogP contribution in [0.5, 0.6) is 0 Å². The van der Waals surface area contributed by atoms with Gasteiger partial charge in [0.1, 0.15) is 4.90 Å². The van der Waals surface area contributed by atoms with Crippen LogP contribution in [0.15, 0.2) is 23.4 Å². The van der Waals surface area contributed by atoms with Crippen molar-refractivity contribution in [2.75, 3.05) is 6.54 Å². The molecule has 20 heavy (non-hydrogen) atoms. The van der Waals surface area contributed by atoms with E-state index in [2.05, 4.69) is 21.5 Å². The summed E-state index contributed by atoms with van der Waals surface area (Å²) in [6.07, 6.45) is 3.57. The molecule has 0 amide bonds. The van der Waals surface area contributed by atoms with Crippen LogP contribution in [0.1, 0.15) is 32.8 Å². The first-order valence-corrected chi connectivity index (χ1v) is 8.05. The molecule has 1 rings (SSSR count). The van der Waals surface area contributed by atoms with E-state index in [0.717, 1.165) is 6.42 Å². The number of nitrogens with one attached hydrogen (secondary N) is 1. The number of hydrogen-bond acceptors (Lipinski definition) is 4. The molecule has 1 aromatic rings. The van der Waals surface area contributed by atoms with Gasteiger partial charge in [0.25, 0.3) is 0 Å². The molecule has 0 aromatic carbocycles. The van der Waals surface area contributed by atoms with Crippen molar-refractivity contribution in [3.63, 3.8) is 0 Å². The Morgan fingerprint density at radius 2 is 2.10 bits per heavy atom. The lowest BCUT2D eigenvalue weighted by atomic mass is 10.0. The van der Waals surface area contributed by atoms with E-state index in [1.54, 1.807) is 0 Å². The molecule has 0 bridgehead atoms. The van der Waals surface area contributed by atoms with Crippen LogP contribution in [0.4, 0.5) is 0 Å². The van der Waals surface area contributed by atoms with Gasteiger partial charge in [-0.1, -0.05) is 32.6 Å². The van der Waals surface area contributed by atoms with Crippen molar-refractivity contribution in [1.82, 2.24) is 9.71 Å². The first-order chi connectivity index (χ1) is 9.40. The van der Waals surface area contributed by atoms with E-state index in [1.807, 2.05) is 20.8 Å². The number of sulfonamides is 1. The fraction of sp³-hybridized carbons (Fsp3) is 0.500. The molecular formula is C14H21N3O2S. The second-order valence-electron chi connectivity index (χ2n) is 4.80. The van der Waals surface area contributed by atoms with Crippen LogP contribution in [0, 0.1) is 17.8 Å². The van der Waals surface area contributed by atoms with E-state index in [9.17, 15) is 8.42 Å². The van der Waals surface area contributed by atoms with Crippen molar-refractivity contribution in [2.24, 2.45) is 11.7 Å². The number of hydrogen-bond donors (Lipinski definition) is 2. The Bertz CT molecular complexity index is 600. The van der Waals surface area contributed by atoms with E-state index in [4.69, 9.17) is 5.73 Å². The second-order valence-corrected chi connectivity index (χ2v) is 6.51. The van der Waals surface area contributed by atoms with Gasteiger partial charge in [0.2, 0.25) is 10.0 Å². The van der Waals surface area contributed by atoms with Crippen molar-refractivity contribution < 1.29 is 8.42 Å². The standard InChI is InChI=1S/C14H21N3O2S/c1-4-14(11(2)3)17-20(18,19)13-8-12(6-5-7-15)9-16-10-13/h8-11,14,17H,4,7,15H2,1-3H3. The highest BCUT2D eigenvalue weighted by Gasteiger charge is 2.21. The highest BCUT2D eigenvalue weighted by molar-refractivity contribution is 7.89. The summed E-state index contributed by atoms with van der Waals surface area (Å²) in [5, 5.41) is 0. The van der Waals surface area contributed by atoms with Gasteiger partial charge in [0.15, 0.2) is 0 Å². The minimum atomic E-state index is -3.58. The van der Waals surface area contributed by atoms with Gasteiger partial charge in [-0.25, -0.2) is 13.1 Å². The highest BCUT2D eigenvalue weighted by atomic mass is 32.2. The predicted octanol–water partition coefficient (Wildman–Crippen LogP) is 1.10. The Morgan fingerprint density at radius 1 is 1.40 bits per heavy atom. The number of nitrogens with two attached hydrogens (primary N) is 1. The number of rotatable bonds is 5. The first kappa shape index (κ1) is 16.6. The van der Waals surface area contributed by atoms with E-state index in [0.29, 0.717) is 5.56 Å². The van der Waals surface area contributed by atoms with Gasteiger partial charge < -0.3 is 5.73 Å². The molecule has 1 atom stereocenters. The minimum Gasteiger partial charge on any atom is -0.320 e. The van der Waals surface area contributed by atoms with Gasteiger partial charge in [0, 0.05) is 24.0 Å². The molecule has 6 heteroatoms. The monoisotopic (exact) mass is 295 g/mol. The Hall–Kier alpha value is -1.42. The normalized spacial score (nSPS) is 12.8. The molecular weight excluding hydrogens is 274 g/mol. The van der Waals surface area contributed by atoms with Crippen LogP contribution < -0.4 is 10.5 Å². The summed E-state index contributed by atoms with van der Waals surface area (Å²) in [5.74, 6) is 5.68. The van der Waals surface area contributed by atoms with Gasteiger partial charge in [-0.15, -0.1) is 0 Å². The Balaban J connectivity index is 3.03. The summed E-state index contributed by atoms with van der Waals surface area (Å²) >= 11 is 0. The number of nitrogens with zero attached hydrogens (tertiary/aromatic N) is 1. The lowest BCUT2D eigenvalue weighted by Gasteiger charge is -2.20. The van der Waals surface area contributed by atoms with E-state index >= 15 is 0 Å². The van der Waals surface area contributed by atoms with Crippen LogP contribution >= 0.6 is 0 Å². The van der Waals surface area contributed by atoms with Gasteiger partial charge in [-0.05, 0) is 18.4 Å². The van der Waals surface area contributed by atoms with Gasteiger partial charge >= 0.3 is 0 Å². The Labute approximate surface area is 121 Å². The summed E-state index contributed by atoms with van der Waals surface area (Å²) in [7, 11) is -3.58. The minimum absolute atomic E-state index is 0.0983. The first-order valence-electron chi connectivity index (χ1n) is 6.57. The van der Waals surface area contributed by atoms with Crippen molar-refractivity contribution in [3.05, 3.63) is 24.0 Å². The van der Waals surface area contributed by atoms with Crippen molar-refractivity contribution in [2.45, 2.75) is 38.1 Å². The summed E-state index contributed by atoms with van der Waals surface area (Å²) in [4.78, 5) is 4.04. The second kappa shape index (κ2) is 7.39. The quantitative estimate of drug-likeness (QED) is 0.797. The maximum absolute atomic E-state index is 12.3. The van der Waals surface area contributed by atoms with Crippen LogP contribution in [0.3, 0.4) is 0 Å². The number of pyridine rings is 1. The van der Waals surface area contributed by atoms with E-state index in [-0.39, 0.29) is 23.4 Å². The average molecular weight is 295 g/mol. The molecule has 3 N–H and O–H groups in total. The third-order valence-electron chi connectivity index (χ3n) is 2.91. The predicted molar refractivity (Wildman–Crippen MR) is 79.4 cm³/mol. The topological polar surface area (TPSA) is 85.1 Å². The van der Waals surface area contributed by atoms with Gasteiger partial charge in [0.05, 0.1) is 6.54 Å². The molecule has 0 spiro atoms. The van der Waals surface area contributed by atoms with Crippen molar-refractivity contribution in [3.8, 4) is 11.8 Å². The van der Waals surface area contributed by atoms with Crippen LogP contribution in [0.2, 0.25) is 0 Å². The fourth-order valence-electron chi connectivity index (χ4n) is 1.75. The SMILES string of the molecule is CCC(NS(=O)(=O)c1cncc(C#CCN)c1)C(C)C. The van der Waals surface area contributed by atoms with E-state index < -0.39 is 10.0 Å². The Kier molecular flexibility index (Phi) is 6.14. The summed E-state index contributed by atoms with van der Waals surface area (Å²) in [6.45, 7) is 6.14. The summed E-state index contributed by atoms with van der Waals surface area (Å²) in [6, 6.07) is 1.41. The van der Waals surface area contributed by atoms with Crippen LogP contribution in [0.25, 0.3) is 0 Å². The molecule has 0 aliphatic carbocycles.